The Labute approximate surface area is 105 Å². The lowest BCUT2D eigenvalue weighted by molar-refractivity contribution is 0.0697. The zero-order chi connectivity index (χ0) is 13.3. The third kappa shape index (κ3) is 1.93. The van der Waals surface area contributed by atoms with Gasteiger partial charge in [-0.25, -0.2) is 9.78 Å². The van der Waals surface area contributed by atoms with E-state index >= 15 is 0 Å². The van der Waals surface area contributed by atoms with Crippen LogP contribution in [0.15, 0.2) is 30.3 Å². The van der Waals surface area contributed by atoms with Gasteiger partial charge in [-0.05, 0) is 25.0 Å². The molecule has 2 aromatic rings. The molecule has 0 saturated carbocycles. The molecule has 1 aromatic carbocycles. The second-order valence-electron chi connectivity index (χ2n) is 4.13. The van der Waals surface area contributed by atoms with Crippen molar-refractivity contribution < 1.29 is 9.90 Å². The van der Waals surface area contributed by atoms with Crippen molar-refractivity contribution in [1.29, 1.82) is 0 Å². The number of carboxylic acids is 1. The Morgan fingerprint density at radius 2 is 1.83 bits per heavy atom. The normalized spacial score (nSPS) is 10.3. The molecule has 0 amide bonds. The molecule has 0 saturated heterocycles. The summed E-state index contributed by atoms with van der Waals surface area (Å²) in [6, 6.07) is 9.59. The molecule has 0 spiro atoms. The van der Waals surface area contributed by atoms with Crippen LogP contribution in [0.25, 0.3) is 11.1 Å². The van der Waals surface area contributed by atoms with Gasteiger partial charge in [-0.1, -0.05) is 30.3 Å². The van der Waals surface area contributed by atoms with E-state index in [2.05, 4.69) is 4.98 Å². The minimum absolute atomic E-state index is 0.0668. The molecule has 2 rings (SSSR count). The van der Waals surface area contributed by atoms with Crippen molar-refractivity contribution in [2.45, 2.75) is 13.8 Å². The van der Waals surface area contributed by atoms with E-state index in [9.17, 15) is 9.90 Å². The number of hydrogen-bond donors (Lipinski definition) is 2. The number of rotatable bonds is 2. The summed E-state index contributed by atoms with van der Waals surface area (Å²) in [7, 11) is 0. The van der Waals surface area contributed by atoms with E-state index in [0.717, 1.165) is 16.8 Å². The van der Waals surface area contributed by atoms with E-state index in [1.165, 1.54) is 0 Å². The third-order valence-corrected chi connectivity index (χ3v) is 2.93. The van der Waals surface area contributed by atoms with E-state index in [1.54, 1.807) is 6.92 Å². The number of nitrogens with two attached hydrogens (primary N) is 1. The third-order valence-electron chi connectivity index (χ3n) is 2.93. The number of aromatic carboxylic acids is 1. The van der Waals surface area contributed by atoms with E-state index < -0.39 is 5.97 Å². The first-order chi connectivity index (χ1) is 8.52. The fourth-order valence-electron chi connectivity index (χ4n) is 2.18. The highest BCUT2D eigenvalue weighted by molar-refractivity contribution is 5.97. The molecular formula is C14H14N2O2. The van der Waals surface area contributed by atoms with Crippen LogP contribution in [-0.2, 0) is 0 Å². The predicted octanol–water partition coefficient (Wildman–Crippen LogP) is 2.65. The summed E-state index contributed by atoms with van der Waals surface area (Å²) in [6.45, 7) is 3.59. The monoisotopic (exact) mass is 242 g/mol. The van der Waals surface area contributed by atoms with Crippen molar-refractivity contribution in [2.24, 2.45) is 0 Å². The topological polar surface area (TPSA) is 76.2 Å². The van der Waals surface area contributed by atoms with Crippen LogP contribution in [0.2, 0.25) is 0 Å². The van der Waals surface area contributed by atoms with Gasteiger partial charge in [0.2, 0.25) is 0 Å². The van der Waals surface area contributed by atoms with Crippen LogP contribution >= 0.6 is 0 Å². The molecule has 0 aliphatic carbocycles. The van der Waals surface area contributed by atoms with Gasteiger partial charge in [0.25, 0.3) is 0 Å². The second kappa shape index (κ2) is 4.49. The molecule has 0 aliphatic rings. The van der Waals surface area contributed by atoms with Gasteiger partial charge in [0.1, 0.15) is 11.4 Å². The highest BCUT2D eigenvalue weighted by atomic mass is 16.4. The number of aryl methyl sites for hydroxylation is 1. The van der Waals surface area contributed by atoms with Crippen LogP contribution in [0.1, 0.15) is 21.6 Å². The average Bonchev–Trinajstić information content (AvgIpc) is 2.28. The van der Waals surface area contributed by atoms with Crippen molar-refractivity contribution in [3.05, 3.63) is 47.2 Å². The van der Waals surface area contributed by atoms with Crippen LogP contribution < -0.4 is 5.73 Å². The molecule has 0 unspecified atom stereocenters. The van der Waals surface area contributed by atoms with Crippen molar-refractivity contribution in [2.75, 3.05) is 5.73 Å². The number of aromatic nitrogens is 1. The number of hydrogen-bond acceptors (Lipinski definition) is 3. The zero-order valence-electron chi connectivity index (χ0n) is 10.3. The fourth-order valence-corrected chi connectivity index (χ4v) is 2.18. The fraction of sp³-hybridized carbons (Fsp3) is 0.143. The second-order valence-corrected chi connectivity index (χ2v) is 4.13. The van der Waals surface area contributed by atoms with Gasteiger partial charge < -0.3 is 10.8 Å². The van der Waals surface area contributed by atoms with E-state index in [0.29, 0.717) is 5.56 Å². The standard InChI is InChI=1S/C14H14N2O2/c1-8-11(10-6-4-3-5-7-10)9(2)16-13(15)12(8)14(17)18/h3-7H,1-2H3,(H2,15,16)(H,17,18). The number of pyridine rings is 1. The van der Waals surface area contributed by atoms with Gasteiger partial charge in [-0.15, -0.1) is 0 Å². The van der Waals surface area contributed by atoms with Gasteiger partial charge in [-0.2, -0.15) is 0 Å². The Morgan fingerprint density at radius 3 is 2.39 bits per heavy atom. The molecule has 3 N–H and O–H groups in total. The lowest BCUT2D eigenvalue weighted by Gasteiger charge is -2.13. The number of anilines is 1. The van der Waals surface area contributed by atoms with Crippen molar-refractivity contribution in [3.8, 4) is 11.1 Å². The minimum atomic E-state index is -1.05. The smallest absolute Gasteiger partial charge is 0.339 e. The van der Waals surface area contributed by atoms with Gasteiger partial charge in [-0.3, -0.25) is 0 Å². The highest BCUT2D eigenvalue weighted by Gasteiger charge is 2.19. The molecule has 4 heteroatoms. The molecule has 1 heterocycles. The summed E-state index contributed by atoms with van der Waals surface area (Å²) in [5.74, 6) is -0.980. The molecule has 92 valence electrons. The predicted molar refractivity (Wildman–Crippen MR) is 70.5 cm³/mol. The molecule has 0 fully saturated rings. The van der Waals surface area contributed by atoms with Crippen LogP contribution in [0.5, 0.6) is 0 Å². The number of nitrogens with zero attached hydrogens (tertiary/aromatic N) is 1. The van der Waals surface area contributed by atoms with Crippen LogP contribution in [0.4, 0.5) is 5.82 Å². The summed E-state index contributed by atoms with van der Waals surface area (Å²) in [4.78, 5) is 15.3. The molecule has 1 aromatic heterocycles. The summed E-state index contributed by atoms with van der Waals surface area (Å²) >= 11 is 0. The quantitative estimate of drug-likeness (QED) is 0.848. The molecule has 18 heavy (non-hydrogen) atoms. The van der Waals surface area contributed by atoms with Crippen molar-refractivity contribution in [1.82, 2.24) is 4.98 Å². The first-order valence-electron chi connectivity index (χ1n) is 5.57. The van der Waals surface area contributed by atoms with E-state index in [-0.39, 0.29) is 11.4 Å². The lowest BCUT2D eigenvalue weighted by atomic mass is 9.95. The SMILES string of the molecule is Cc1nc(N)c(C(=O)O)c(C)c1-c1ccccc1. The first kappa shape index (κ1) is 12.1. The van der Waals surface area contributed by atoms with Gasteiger partial charge in [0, 0.05) is 11.3 Å². The van der Waals surface area contributed by atoms with Gasteiger partial charge in [0.15, 0.2) is 0 Å². The van der Waals surface area contributed by atoms with Gasteiger partial charge in [0.05, 0.1) is 0 Å². The van der Waals surface area contributed by atoms with E-state index in [1.807, 2.05) is 37.3 Å². The summed E-state index contributed by atoms with van der Waals surface area (Å²) in [5.41, 5.74) is 8.93. The molecule has 0 radical (unpaired) electrons. The summed E-state index contributed by atoms with van der Waals surface area (Å²) in [6.07, 6.45) is 0. The molecule has 0 atom stereocenters. The lowest BCUT2D eigenvalue weighted by Crippen LogP contribution is -2.10. The Morgan fingerprint density at radius 1 is 1.22 bits per heavy atom. The maximum absolute atomic E-state index is 11.2. The van der Waals surface area contributed by atoms with Gasteiger partial charge >= 0.3 is 5.97 Å². The Kier molecular flexibility index (Phi) is 3.02. The zero-order valence-corrected chi connectivity index (χ0v) is 10.3. The van der Waals surface area contributed by atoms with Crippen LogP contribution in [0.3, 0.4) is 0 Å². The molecule has 0 bridgehead atoms. The van der Waals surface area contributed by atoms with Crippen molar-refractivity contribution >= 4 is 11.8 Å². The maximum Gasteiger partial charge on any atom is 0.339 e. The number of nitrogen functional groups attached to an aromatic ring is 1. The Hall–Kier alpha value is -2.36. The molecule has 0 aliphatic heterocycles. The first-order valence-corrected chi connectivity index (χ1v) is 5.57. The number of benzene rings is 1. The maximum atomic E-state index is 11.2. The summed E-state index contributed by atoms with van der Waals surface area (Å²) < 4.78 is 0. The van der Waals surface area contributed by atoms with Crippen LogP contribution in [-0.4, -0.2) is 16.1 Å². The van der Waals surface area contributed by atoms with Crippen LogP contribution in [0, 0.1) is 13.8 Å². The highest BCUT2D eigenvalue weighted by Crippen LogP contribution is 2.30. The number of carbonyl (C=O) groups is 1. The number of carboxylic acid groups (broad SMARTS) is 1. The minimum Gasteiger partial charge on any atom is -0.478 e. The summed E-state index contributed by atoms with van der Waals surface area (Å²) in [5, 5.41) is 9.19. The largest absolute Gasteiger partial charge is 0.478 e. The average molecular weight is 242 g/mol. The Bertz CT molecular complexity index is 607. The molecule has 4 nitrogen and oxygen atoms in total. The van der Waals surface area contributed by atoms with E-state index in [4.69, 9.17) is 5.73 Å². The van der Waals surface area contributed by atoms with Crippen molar-refractivity contribution in [3.63, 3.8) is 0 Å². The Balaban J connectivity index is 2.76. The molecular weight excluding hydrogens is 228 g/mol.